The molecule has 15 heavy (non-hydrogen) atoms. The van der Waals surface area contributed by atoms with Gasteiger partial charge < -0.3 is 10.2 Å². The van der Waals surface area contributed by atoms with Gasteiger partial charge in [-0.05, 0) is 6.07 Å². The van der Waals surface area contributed by atoms with Crippen molar-refractivity contribution in [1.82, 2.24) is 20.3 Å². The van der Waals surface area contributed by atoms with Gasteiger partial charge in [0.25, 0.3) is 0 Å². The summed E-state index contributed by atoms with van der Waals surface area (Å²) < 4.78 is 0. The minimum absolute atomic E-state index is 0.0935. The molecule has 0 spiro atoms. The first-order chi connectivity index (χ1) is 7.36. The van der Waals surface area contributed by atoms with E-state index in [1.807, 2.05) is 0 Å². The largest absolute Gasteiger partial charge is 0.395 e. The van der Waals surface area contributed by atoms with Crippen molar-refractivity contribution >= 4 is 5.97 Å². The Morgan fingerprint density at radius 3 is 2.67 bits per heavy atom. The quantitative estimate of drug-likeness (QED) is 0.703. The van der Waals surface area contributed by atoms with Crippen LogP contribution < -0.4 is 5.32 Å². The molecule has 1 aromatic heterocycles. The molecule has 1 N–H and O–H groups in total. The third-order valence-corrected chi connectivity index (χ3v) is 2.04. The Hall–Kier alpha value is -1.53. The molecule has 2 heterocycles. The molecule has 1 fully saturated rings. The second-order valence-electron chi connectivity index (χ2n) is 3.13. The lowest BCUT2D eigenvalue weighted by Gasteiger charge is -2.25. The smallest absolute Gasteiger partial charge is 0.361 e. The van der Waals surface area contributed by atoms with Crippen molar-refractivity contribution in [2.24, 2.45) is 0 Å². The zero-order valence-electron chi connectivity index (χ0n) is 8.22. The van der Waals surface area contributed by atoms with Gasteiger partial charge in [0.15, 0.2) is 0 Å². The normalized spacial score (nSPS) is 17.3. The van der Waals surface area contributed by atoms with Crippen LogP contribution in [0.5, 0.6) is 0 Å². The highest BCUT2D eigenvalue weighted by molar-refractivity contribution is 5.84. The van der Waals surface area contributed by atoms with E-state index in [0.29, 0.717) is 13.1 Å². The fraction of sp³-hybridized carbons (Fsp3) is 0.444. The molecule has 6 heteroatoms. The highest BCUT2D eigenvalue weighted by Crippen LogP contribution is 1.98. The van der Waals surface area contributed by atoms with Gasteiger partial charge in [0.2, 0.25) is 5.82 Å². The van der Waals surface area contributed by atoms with Crippen LogP contribution in [0.1, 0.15) is 10.6 Å². The Labute approximate surface area is 87.2 Å². The minimum Gasteiger partial charge on any atom is -0.361 e. The molecule has 1 aromatic rings. The second-order valence-corrected chi connectivity index (χ2v) is 3.13. The topological polar surface area (TPSA) is 67.3 Å². The number of nitrogens with zero attached hydrogens (tertiary/aromatic N) is 3. The predicted octanol–water partition coefficient (Wildman–Crippen LogP) is -0.546. The number of hydrogen-bond acceptors (Lipinski definition) is 6. The van der Waals surface area contributed by atoms with Gasteiger partial charge in [0.1, 0.15) is 0 Å². The Morgan fingerprint density at radius 2 is 2.00 bits per heavy atom. The molecule has 0 aromatic carbocycles. The first kappa shape index (κ1) is 10.0. The summed E-state index contributed by atoms with van der Waals surface area (Å²) >= 11 is 0. The van der Waals surface area contributed by atoms with Crippen molar-refractivity contribution in [2.75, 3.05) is 26.2 Å². The third kappa shape index (κ3) is 2.71. The average Bonchev–Trinajstić information content (AvgIpc) is 2.31. The molecule has 0 bridgehead atoms. The standard InChI is InChI=1S/C9H12N4O2/c14-9(8-11-2-1-3-12-8)15-13-6-4-10-5-7-13/h1-3,10H,4-7H2. The number of piperazine rings is 1. The maximum atomic E-state index is 11.5. The molecule has 0 unspecified atom stereocenters. The molecule has 1 aliphatic heterocycles. The van der Waals surface area contributed by atoms with E-state index in [4.69, 9.17) is 4.84 Å². The maximum Gasteiger partial charge on any atom is 0.395 e. The summed E-state index contributed by atoms with van der Waals surface area (Å²) in [6.45, 7) is 3.03. The second kappa shape index (κ2) is 4.81. The van der Waals surface area contributed by atoms with Gasteiger partial charge in [-0.25, -0.2) is 14.8 Å². The van der Waals surface area contributed by atoms with Gasteiger partial charge >= 0.3 is 5.97 Å². The van der Waals surface area contributed by atoms with E-state index in [1.54, 1.807) is 11.1 Å². The van der Waals surface area contributed by atoms with E-state index in [2.05, 4.69) is 15.3 Å². The summed E-state index contributed by atoms with van der Waals surface area (Å²) in [5, 5.41) is 4.78. The molecule has 0 atom stereocenters. The lowest BCUT2D eigenvalue weighted by atomic mass is 10.4. The zero-order chi connectivity index (χ0) is 10.5. The number of carbonyl (C=O) groups is 1. The van der Waals surface area contributed by atoms with Crippen LogP contribution in [0.4, 0.5) is 0 Å². The lowest BCUT2D eigenvalue weighted by molar-refractivity contribution is -0.116. The van der Waals surface area contributed by atoms with Crippen LogP contribution in [0.3, 0.4) is 0 Å². The molecule has 0 amide bonds. The van der Waals surface area contributed by atoms with Crippen molar-refractivity contribution in [2.45, 2.75) is 0 Å². The van der Waals surface area contributed by atoms with Crippen molar-refractivity contribution in [3.8, 4) is 0 Å². The number of carbonyl (C=O) groups excluding carboxylic acids is 1. The number of hydrogen-bond donors (Lipinski definition) is 1. The molecule has 0 aliphatic carbocycles. The molecular weight excluding hydrogens is 196 g/mol. The summed E-state index contributed by atoms with van der Waals surface area (Å²) in [6.07, 6.45) is 3.03. The third-order valence-electron chi connectivity index (χ3n) is 2.04. The van der Waals surface area contributed by atoms with Crippen molar-refractivity contribution in [1.29, 1.82) is 0 Å². The summed E-state index contributed by atoms with van der Waals surface area (Å²) in [7, 11) is 0. The highest BCUT2D eigenvalue weighted by atomic mass is 16.7. The van der Waals surface area contributed by atoms with E-state index in [9.17, 15) is 4.79 Å². The Kier molecular flexibility index (Phi) is 3.21. The first-order valence-corrected chi connectivity index (χ1v) is 4.81. The van der Waals surface area contributed by atoms with Gasteiger partial charge in [-0.1, -0.05) is 0 Å². The summed E-state index contributed by atoms with van der Waals surface area (Å²) in [4.78, 5) is 24.2. The van der Waals surface area contributed by atoms with Crippen LogP contribution in [0.15, 0.2) is 18.5 Å². The van der Waals surface area contributed by atoms with E-state index in [0.717, 1.165) is 13.1 Å². The minimum atomic E-state index is -0.502. The predicted molar refractivity (Wildman–Crippen MR) is 51.9 cm³/mol. The van der Waals surface area contributed by atoms with Gasteiger partial charge in [-0.2, -0.15) is 0 Å². The van der Waals surface area contributed by atoms with E-state index in [-0.39, 0.29) is 5.82 Å². The molecule has 1 aliphatic rings. The van der Waals surface area contributed by atoms with Crippen LogP contribution in [0, 0.1) is 0 Å². The van der Waals surface area contributed by atoms with Crippen LogP contribution in [-0.2, 0) is 4.84 Å². The summed E-state index contributed by atoms with van der Waals surface area (Å²) in [6, 6.07) is 1.65. The van der Waals surface area contributed by atoms with Crippen molar-refractivity contribution in [3.05, 3.63) is 24.3 Å². The molecular formula is C9H12N4O2. The van der Waals surface area contributed by atoms with Crippen molar-refractivity contribution in [3.63, 3.8) is 0 Å². The van der Waals surface area contributed by atoms with Crippen LogP contribution >= 0.6 is 0 Å². The molecule has 1 saturated heterocycles. The fourth-order valence-electron chi connectivity index (χ4n) is 1.30. The first-order valence-electron chi connectivity index (χ1n) is 4.81. The van der Waals surface area contributed by atoms with Gasteiger partial charge in [-0.15, -0.1) is 5.06 Å². The Morgan fingerprint density at radius 1 is 1.33 bits per heavy atom. The molecule has 0 radical (unpaired) electrons. The van der Waals surface area contributed by atoms with E-state index >= 15 is 0 Å². The monoisotopic (exact) mass is 208 g/mol. The number of nitrogens with one attached hydrogen (secondary N) is 1. The lowest BCUT2D eigenvalue weighted by Crippen LogP contribution is -2.44. The van der Waals surface area contributed by atoms with Gasteiger partial charge in [-0.3, -0.25) is 0 Å². The van der Waals surface area contributed by atoms with Crippen LogP contribution in [0.25, 0.3) is 0 Å². The maximum absolute atomic E-state index is 11.5. The van der Waals surface area contributed by atoms with Crippen LogP contribution in [-0.4, -0.2) is 47.2 Å². The number of rotatable bonds is 2. The summed E-state index contributed by atoms with van der Waals surface area (Å²) in [5.74, 6) is -0.409. The van der Waals surface area contributed by atoms with E-state index < -0.39 is 5.97 Å². The van der Waals surface area contributed by atoms with Crippen molar-refractivity contribution < 1.29 is 9.63 Å². The molecule has 0 saturated carbocycles. The fourth-order valence-corrected chi connectivity index (χ4v) is 1.30. The Balaban J connectivity index is 1.91. The highest BCUT2D eigenvalue weighted by Gasteiger charge is 2.17. The van der Waals surface area contributed by atoms with Crippen LogP contribution in [0.2, 0.25) is 0 Å². The van der Waals surface area contributed by atoms with Gasteiger partial charge in [0.05, 0.1) is 0 Å². The number of aromatic nitrogens is 2. The molecule has 2 rings (SSSR count). The Bertz CT molecular complexity index is 324. The SMILES string of the molecule is O=C(ON1CCNCC1)c1ncccn1. The van der Waals surface area contributed by atoms with E-state index in [1.165, 1.54) is 12.4 Å². The number of hydroxylamine groups is 2. The molecule has 80 valence electrons. The zero-order valence-corrected chi connectivity index (χ0v) is 8.22. The summed E-state index contributed by atoms with van der Waals surface area (Å²) in [5.41, 5.74) is 0. The van der Waals surface area contributed by atoms with Gasteiger partial charge in [0, 0.05) is 38.6 Å². The molecule has 6 nitrogen and oxygen atoms in total. The average molecular weight is 208 g/mol.